The molecular weight excluding hydrogens is 292 g/mol. The minimum Gasteiger partial charge on any atom is -0.456 e. The number of esters is 1. The molecule has 0 saturated carbocycles. The van der Waals surface area contributed by atoms with Gasteiger partial charge in [-0.3, -0.25) is 4.79 Å². The summed E-state index contributed by atoms with van der Waals surface area (Å²) in [5, 5.41) is 0. The van der Waals surface area contributed by atoms with Crippen LogP contribution in [0.1, 0.15) is 12.8 Å². The van der Waals surface area contributed by atoms with Gasteiger partial charge < -0.3 is 18.9 Å². The molecule has 2 saturated heterocycles. The monoisotopic (exact) mass is 306 g/mol. The minimum absolute atomic E-state index is 0.243. The van der Waals surface area contributed by atoms with E-state index >= 15 is 0 Å². The van der Waals surface area contributed by atoms with Gasteiger partial charge in [-0.25, -0.2) is 0 Å². The van der Waals surface area contributed by atoms with E-state index in [1.165, 1.54) is 0 Å². The standard InChI is InChI=1S/C11H15BrO5/c1-6(12)3-4-15-10-9-7(5-8(13)17-9)16-11(10)14-2/h7,9-11H,1,3-5H2,2H3/t7-,9+,10-,11+/m1/s1. The first-order chi connectivity index (χ1) is 8.11. The molecule has 2 aliphatic rings. The molecule has 0 amide bonds. The van der Waals surface area contributed by atoms with Crippen LogP contribution >= 0.6 is 15.9 Å². The zero-order valence-corrected chi connectivity index (χ0v) is 11.1. The molecule has 0 aromatic rings. The second-order valence-electron chi connectivity index (χ2n) is 4.04. The molecule has 0 unspecified atom stereocenters. The molecule has 4 atom stereocenters. The zero-order valence-electron chi connectivity index (χ0n) is 9.56. The molecule has 6 heteroatoms. The third-order valence-electron chi connectivity index (χ3n) is 2.82. The molecule has 2 rings (SSSR count). The number of hydrogen-bond donors (Lipinski definition) is 0. The number of halogens is 1. The van der Waals surface area contributed by atoms with Crippen LogP contribution < -0.4 is 0 Å². The van der Waals surface area contributed by atoms with Crippen molar-refractivity contribution >= 4 is 21.9 Å². The molecule has 0 aromatic carbocycles. The van der Waals surface area contributed by atoms with Crippen molar-refractivity contribution in [1.82, 2.24) is 0 Å². The molecule has 0 spiro atoms. The van der Waals surface area contributed by atoms with Crippen molar-refractivity contribution in [2.75, 3.05) is 13.7 Å². The van der Waals surface area contributed by atoms with Crippen molar-refractivity contribution < 1.29 is 23.7 Å². The highest BCUT2D eigenvalue weighted by Crippen LogP contribution is 2.33. The summed E-state index contributed by atoms with van der Waals surface area (Å²) in [5.74, 6) is -0.243. The molecule has 2 aliphatic heterocycles. The molecular formula is C11H15BrO5. The molecule has 0 aliphatic carbocycles. The highest BCUT2D eigenvalue weighted by molar-refractivity contribution is 9.11. The van der Waals surface area contributed by atoms with Gasteiger partial charge in [0.05, 0.1) is 13.0 Å². The maximum Gasteiger partial charge on any atom is 0.309 e. The Morgan fingerprint density at radius 2 is 2.41 bits per heavy atom. The van der Waals surface area contributed by atoms with Crippen LogP contribution in [-0.4, -0.2) is 44.3 Å². The number of carbonyl (C=O) groups is 1. The third-order valence-corrected chi connectivity index (χ3v) is 3.22. The van der Waals surface area contributed by atoms with Crippen molar-refractivity contribution in [3.8, 4) is 0 Å². The van der Waals surface area contributed by atoms with Gasteiger partial charge in [0.1, 0.15) is 12.2 Å². The van der Waals surface area contributed by atoms with E-state index in [-0.39, 0.29) is 30.7 Å². The Morgan fingerprint density at radius 3 is 3.06 bits per heavy atom. The van der Waals surface area contributed by atoms with E-state index in [4.69, 9.17) is 18.9 Å². The predicted octanol–water partition coefficient (Wildman–Crippen LogP) is 1.36. The Balaban J connectivity index is 1.92. The Bertz CT molecular complexity index is 319. The van der Waals surface area contributed by atoms with Crippen LogP contribution in [0, 0.1) is 0 Å². The van der Waals surface area contributed by atoms with Crippen LogP contribution in [-0.2, 0) is 23.7 Å². The van der Waals surface area contributed by atoms with Crippen LogP contribution in [0.5, 0.6) is 0 Å². The van der Waals surface area contributed by atoms with Crippen molar-refractivity contribution in [3.05, 3.63) is 11.1 Å². The summed E-state index contributed by atoms with van der Waals surface area (Å²) in [6, 6.07) is 0. The lowest BCUT2D eigenvalue weighted by Crippen LogP contribution is -2.36. The van der Waals surface area contributed by atoms with Gasteiger partial charge in [-0.2, -0.15) is 0 Å². The summed E-state index contributed by atoms with van der Waals surface area (Å²) in [6.45, 7) is 4.21. The molecule has 0 N–H and O–H groups in total. The fourth-order valence-electron chi connectivity index (χ4n) is 2.03. The van der Waals surface area contributed by atoms with E-state index in [0.29, 0.717) is 13.0 Å². The summed E-state index contributed by atoms with van der Waals surface area (Å²) in [6.07, 6.45) is -0.459. The van der Waals surface area contributed by atoms with E-state index in [2.05, 4.69) is 22.5 Å². The van der Waals surface area contributed by atoms with E-state index in [1.807, 2.05) is 0 Å². The number of hydrogen-bond acceptors (Lipinski definition) is 5. The molecule has 5 nitrogen and oxygen atoms in total. The summed E-state index contributed by atoms with van der Waals surface area (Å²) in [7, 11) is 1.55. The van der Waals surface area contributed by atoms with Crippen LogP contribution in [0.4, 0.5) is 0 Å². The van der Waals surface area contributed by atoms with Crippen LogP contribution in [0.25, 0.3) is 0 Å². The molecule has 2 heterocycles. The molecule has 0 aromatic heterocycles. The minimum atomic E-state index is -0.471. The number of carbonyl (C=O) groups excluding carboxylic acids is 1. The number of fused-ring (bicyclic) bond motifs is 1. The van der Waals surface area contributed by atoms with Gasteiger partial charge in [0.25, 0.3) is 0 Å². The molecule has 0 bridgehead atoms. The summed E-state index contributed by atoms with van der Waals surface area (Å²) >= 11 is 3.26. The van der Waals surface area contributed by atoms with Crippen molar-refractivity contribution in [2.24, 2.45) is 0 Å². The topological polar surface area (TPSA) is 54.0 Å². The van der Waals surface area contributed by atoms with E-state index in [1.54, 1.807) is 7.11 Å². The SMILES string of the molecule is C=C(Br)CCO[C@H]1[C@@H](OC)O[C@@H]2CC(=O)O[C@H]12. The molecule has 96 valence electrons. The van der Waals surface area contributed by atoms with Gasteiger partial charge in [-0.05, 0) is 4.48 Å². The van der Waals surface area contributed by atoms with Gasteiger partial charge in [-0.1, -0.05) is 22.5 Å². The number of ether oxygens (including phenoxy) is 4. The third kappa shape index (κ3) is 2.88. The van der Waals surface area contributed by atoms with Crippen molar-refractivity contribution in [1.29, 1.82) is 0 Å². The first-order valence-corrected chi connectivity index (χ1v) is 6.23. The van der Waals surface area contributed by atoms with Crippen molar-refractivity contribution in [2.45, 2.75) is 37.4 Å². The predicted molar refractivity (Wildman–Crippen MR) is 62.6 cm³/mol. The van der Waals surface area contributed by atoms with Gasteiger partial charge in [-0.15, -0.1) is 0 Å². The quantitative estimate of drug-likeness (QED) is 0.718. The summed E-state index contributed by atoms with van der Waals surface area (Å²) in [4.78, 5) is 11.2. The Hall–Kier alpha value is -0.430. The fraction of sp³-hybridized carbons (Fsp3) is 0.727. The maximum absolute atomic E-state index is 11.2. The second kappa shape index (κ2) is 5.48. The Labute approximate surface area is 108 Å². The smallest absolute Gasteiger partial charge is 0.309 e. The maximum atomic E-state index is 11.2. The molecule has 17 heavy (non-hydrogen) atoms. The van der Waals surface area contributed by atoms with E-state index in [0.717, 1.165) is 4.48 Å². The largest absolute Gasteiger partial charge is 0.456 e. The fourth-order valence-corrected chi connectivity index (χ4v) is 2.20. The molecule has 0 radical (unpaired) electrons. The highest BCUT2D eigenvalue weighted by Gasteiger charge is 2.52. The molecule has 2 fully saturated rings. The first kappa shape index (κ1) is 13.0. The van der Waals surface area contributed by atoms with Gasteiger partial charge in [0.2, 0.25) is 0 Å². The van der Waals surface area contributed by atoms with Gasteiger partial charge in [0, 0.05) is 13.5 Å². The Morgan fingerprint density at radius 1 is 1.65 bits per heavy atom. The first-order valence-electron chi connectivity index (χ1n) is 5.44. The number of methoxy groups -OCH3 is 1. The van der Waals surface area contributed by atoms with Gasteiger partial charge in [0.15, 0.2) is 12.4 Å². The lowest BCUT2D eigenvalue weighted by Gasteiger charge is -2.20. The zero-order chi connectivity index (χ0) is 12.4. The van der Waals surface area contributed by atoms with E-state index in [9.17, 15) is 4.79 Å². The van der Waals surface area contributed by atoms with E-state index < -0.39 is 6.29 Å². The lowest BCUT2D eigenvalue weighted by atomic mass is 10.1. The van der Waals surface area contributed by atoms with Crippen LogP contribution in [0.15, 0.2) is 11.1 Å². The van der Waals surface area contributed by atoms with Crippen LogP contribution in [0.2, 0.25) is 0 Å². The highest BCUT2D eigenvalue weighted by atomic mass is 79.9. The lowest BCUT2D eigenvalue weighted by molar-refractivity contribution is -0.175. The number of rotatable bonds is 5. The average Bonchev–Trinajstić information content (AvgIpc) is 2.75. The average molecular weight is 307 g/mol. The van der Waals surface area contributed by atoms with Crippen molar-refractivity contribution in [3.63, 3.8) is 0 Å². The summed E-state index contributed by atoms with van der Waals surface area (Å²) < 4.78 is 22.4. The van der Waals surface area contributed by atoms with Crippen LogP contribution in [0.3, 0.4) is 0 Å². The second-order valence-corrected chi connectivity index (χ2v) is 5.16. The normalized spacial score (nSPS) is 35.8. The van der Waals surface area contributed by atoms with Gasteiger partial charge >= 0.3 is 5.97 Å². The Kier molecular flexibility index (Phi) is 4.19. The summed E-state index contributed by atoms with van der Waals surface area (Å²) in [5.41, 5.74) is 0.